The van der Waals surface area contributed by atoms with Gasteiger partial charge in [-0.3, -0.25) is 9.59 Å². The smallest absolute Gasteiger partial charge is 0.328 e. The third kappa shape index (κ3) is 5.34. The predicted molar refractivity (Wildman–Crippen MR) is 85.9 cm³/mol. The fourth-order valence-corrected chi connectivity index (χ4v) is 2.28. The number of rotatable bonds is 8. The maximum absolute atomic E-state index is 12.5. The molecule has 7 nitrogen and oxygen atoms in total. The van der Waals surface area contributed by atoms with Crippen LogP contribution in [0.2, 0.25) is 0 Å². The van der Waals surface area contributed by atoms with Gasteiger partial charge in [-0.15, -0.1) is 0 Å². The summed E-state index contributed by atoms with van der Waals surface area (Å²) in [6.45, 7) is 1.66. The largest absolute Gasteiger partial charge is 0.469 e. The summed E-state index contributed by atoms with van der Waals surface area (Å²) < 4.78 is 14.6. The number of esters is 2. The average Bonchev–Trinajstić information content (AvgIpc) is 2.60. The third-order valence-electron chi connectivity index (χ3n) is 3.61. The molecule has 132 valence electrons. The molecule has 1 amide bonds. The highest BCUT2D eigenvalue weighted by Crippen LogP contribution is 2.18. The zero-order chi connectivity index (χ0) is 18.1. The van der Waals surface area contributed by atoms with Crippen molar-refractivity contribution in [3.63, 3.8) is 0 Å². The summed E-state index contributed by atoms with van der Waals surface area (Å²) in [5.74, 6) is -2.10. The molecule has 0 saturated carbocycles. The second kappa shape index (κ2) is 9.67. The third-order valence-corrected chi connectivity index (χ3v) is 3.61. The Hall–Kier alpha value is -2.41. The highest BCUT2D eigenvalue weighted by atomic mass is 16.5. The molecule has 1 rings (SSSR count). The highest BCUT2D eigenvalue weighted by Gasteiger charge is 2.32. The Bertz CT molecular complexity index is 559. The summed E-state index contributed by atoms with van der Waals surface area (Å²) in [5, 5.41) is 2.60. The van der Waals surface area contributed by atoms with Crippen molar-refractivity contribution in [2.75, 3.05) is 21.3 Å². The molecule has 0 unspecified atom stereocenters. The Balaban J connectivity index is 2.90. The number of hydrogen-bond acceptors (Lipinski definition) is 6. The number of nitrogens with one attached hydrogen (secondary N) is 1. The normalized spacial score (nSPS) is 14.2. The first-order chi connectivity index (χ1) is 11.4. The van der Waals surface area contributed by atoms with Crippen LogP contribution in [0.4, 0.5) is 0 Å². The van der Waals surface area contributed by atoms with Crippen LogP contribution in [-0.4, -0.2) is 45.2 Å². The lowest BCUT2D eigenvalue weighted by Gasteiger charge is -2.24. The summed E-state index contributed by atoms with van der Waals surface area (Å²) in [4.78, 5) is 35.9. The van der Waals surface area contributed by atoms with E-state index in [2.05, 4.69) is 10.1 Å². The SMILES string of the molecule is COC(=O)C[C@H](C)[C@@H](NC(=O)[C@@H](OC)c1ccccc1)C(=O)OC. The lowest BCUT2D eigenvalue weighted by Crippen LogP contribution is -2.48. The molecule has 1 aromatic rings. The van der Waals surface area contributed by atoms with Gasteiger partial charge in [0.05, 0.1) is 20.6 Å². The molecule has 7 heteroatoms. The fourth-order valence-electron chi connectivity index (χ4n) is 2.28. The number of methoxy groups -OCH3 is 3. The second-order valence-corrected chi connectivity index (χ2v) is 5.29. The van der Waals surface area contributed by atoms with Crippen LogP contribution in [0.5, 0.6) is 0 Å². The molecule has 0 radical (unpaired) electrons. The number of ether oxygens (including phenoxy) is 3. The van der Waals surface area contributed by atoms with Gasteiger partial charge in [-0.1, -0.05) is 37.3 Å². The maximum Gasteiger partial charge on any atom is 0.328 e. The minimum Gasteiger partial charge on any atom is -0.469 e. The molecule has 0 aromatic heterocycles. The lowest BCUT2D eigenvalue weighted by atomic mass is 9.97. The van der Waals surface area contributed by atoms with E-state index in [1.165, 1.54) is 21.3 Å². The van der Waals surface area contributed by atoms with Crippen molar-refractivity contribution in [3.8, 4) is 0 Å². The summed E-state index contributed by atoms with van der Waals surface area (Å²) in [6.07, 6.45) is -0.900. The van der Waals surface area contributed by atoms with Gasteiger partial charge in [0.1, 0.15) is 6.04 Å². The standard InChI is InChI=1S/C17H23NO6/c1-11(10-13(19)22-2)14(17(21)24-4)18-16(20)15(23-3)12-8-6-5-7-9-12/h5-9,11,14-15H,10H2,1-4H3,(H,18,20)/t11-,14+,15-/m0/s1. The van der Waals surface area contributed by atoms with E-state index < -0.39 is 35.9 Å². The van der Waals surface area contributed by atoms with Gasteiger partial charge in [0.15, 0.2) is 6.10 Å². The van der Waals surface area contributed by atoms with Gasteiger partial charge in [0, 0.05) is 7.11 Å². The molecular formula is C17H23NO6. The fraction of sp³-hybridized carbons (Fsp3) is 0.471. The van der Waals surface area contributed by atoms with Crippen LogP contribution in [0.3, 0.4) is 0 Å². The van der Waals surface area contributed by atoms with Gasteiger partial charge in [-0.2, -0.15) is 0 Å². The summed E-state index contributed by atoms with van der Waals surface area (Å²) in [5.41, 5.74) is 0.654. The molecule has 1 aromatic carbocycles. The highest BCUT2D eigenvalue weighted by molar-refractivity contribution is 5.88. The van der Waals surface area contributed by atoms with E-state index in [1.807, 2.05) is 6.07 Å². The average molecular weight is 337 g/mol. The second-order valence-electron chi connectivity index (χ2n) is 5.29. The molecule has 0 fully saturated rings. The first-order valence-electron chi connectivity index (χ1n) is 7.47. The number of benzene rings is 1. The van der Waals surface area contributed by atoms with Crippen LogP contribution < -0.4 is 5.32 Å². The number of carbonyl (C=O) groups excluding carboxylic acids is 3. The molecule has 0 bridgehead atoms. The molecule has 0 aliphatic carbocycles. The Morgan fingerprint density at radius 2 is 1.67 bits per heavy atom. The summed E-state index contributed by atoms with van der Waals surface area (Å²) in [6, 6.07) is 7.91. The minimum absolute atomic E-state index is 0.0282. The minimum atomic E-state index is -0.983. The van der Waals surface area contributed by atoms with Gasteiger partial charge in [0.25, 0.3) is 5.91 Å². The number of hydrogen-bond donors (Lipinski definition) is 1. The predicted octanol–water partition coefficient (Wildman–Crippen LogP) is 1.23. The molecular weight excluding hydrogens is 314 g/mol. The van der Waals surface area contributed by atoms with Crippen molar-refractivity contribution in [3.05, 3.63) is 35.9 Å². The van der Waals surface area contributed by atoms with E-state index in [0.717, 1.165) is 0 Å². The van der Waals surface area contributed by atoms with Gasteiger partial charge >= 0.3 is 11.9 Å². The quantitative estimate of drug-likeness (QED) is 0.718. The van der Waals surface area contributed by atoms with Gasteiger partial charge < -0.3 is 19.5 Å². The van der Waals surface area contributed by atoms with Crippen molar-refractivity contribution < 1.29 is 28.6 Å². The van der Waals surface area contributed by atoms with Crippen LogP contribution in [0, 0.1) is 5.92 Å². The number of amides is 1. The van der Waals surface area contributed by atoms with E-state index >= 15 is 0 Å². The maximum atomic E-state index is 12.5. The van der Waals surface area contributed by atoms with Crippen molar-refractivity contribution in [2.24, 2.45) is 5.92 Å². The molecule has 0 spiro atoms. The topological polar surface area (TPSA) is 90.9 Å². The van der Waals surface area contributed by atoms with E-state index in [4.69, 9.17) is 9.47 Å². The van der Waals surface area contributed by atoms with E-state index in [-0.39, 0.29) is 6.42 Å². The Morgan fingerprint density at radius 3 is 2.17 bits per heavy atom. The van der Waals surface area contributed by atoms with Crippen molar-refractivity contribution in [1.29, 1.82) is 0 Å². The Kier molecular flexibility index (Phi) is 7.91. The van der Waals surface area contributed by atoms with Crippen molar-refractivity contribution in [2.45, 2.75) is 25.5 Å². The molecule has 0 saturated heterocycles. The monoisotopic (exact) mass is 337 g/mol. The molecule has 1 N–H and O–H groups in total. The first-order valence-corrected chi connectivity index (χ1v) is 7.47. The Morgan fingerprint density at radius 1 is 1.04 bits per heavy atom. The molecule has 24 heavy (non-hydrogen) atoms. The first kappa shape index (κ1) is 19.6. The molecule has 3 atom stereocenters. The lowest BCUT2D eigenvalue weighted by molar-refractivity contribution is -0.150. The summed E-state index contributed by atoms with van der Waals surface area (Å²) >= 11 is 0. The van der Waals surface area contributed by atoms with E-state index in [9.17, 15) is 14.4 Å². The van der Waals surface area contributed by atoms with Gasteiger partial charge in [-0.05, 0) is 11.5 Å². The molecule has 0 heterocycles. The van der Waals surface area contributed by atoms with Crippen LogP contribution in [0.15, 0.2) is 30.3 Å². The Labute approximate surface area is 141 Å². The van der Waals surface area contributed by atoms with E-state index in [1.54, 1.807) is 31.2 Å². The molecule has 0 aliphatic rings. The van der Waals surface area contributed by atoms with Crippen LogP contribution in [0.1, 0.15) is 25.0 Å². The van der Waals surface area contributed by atoms with Crippen LogP contribution in [0.25, 0.3) is 0 Å². The van der Waals surface area contributed by atoms with Crippen molar-refractivity contribution in [1.82, 2.24) is 5.32 Å². The van der Waals surface area contributed by atoms with Crippen molar-refractivity contribution >= 4 is 17.8 Å². The van der Waals surface area contributed by atoms with E-state index in [0.29, 0.717) is 5.56 Å². The van der Waals surface area contributed by atoms with Gasteiger partial charge in [0.2, 0.25) is 0 Å². The summed E-state index contributed by atoms with van der Waals surface area (Å²) in [7, 11) is 3.89. The zero-order valence-corrected chi connectivity index (χ0v) is 14.3. The van der Waals surface area contributed by atoms with Crippen LogP contribution >= 0.6 is 0 Å². The van der Waals surface area contributed by atoms with Gasteiger partial charge in [-0.25, -0.2) is 4.79 Å². The number of carbonyl (C=O) groups is 3. The van der Waals surface area contributed by atoms with Crippen LogP contribution in [-0.2, 0) is 28.6 Å². The zero-order valence-electron chi connectivity index (χ0n) is 14.3. The molecule has 0 aliphatic heterocycles.